The highest BCUT2D eigenvalue weighted by atomic mass is 16.3. The molecular formula is C26H42N6O2. The van der Waals surface area contributed by atoms with E-state index in [0.717, 1.165) is 87.3 Å². The first-order valence-corrected chi connectivity index (χ1v) is 13.3. The zero-order valence-electron chi connectivity index (χ0n) is 21.3. The van der Waals surface area contributed by atoms with Crippen molar-refractivity contribution in [2.75, 3.05) is 24.5 Å². The number of likely N-dealkylation sites (tertiary alicyclic amines) is 1. The third-order valence-corrected chi connectivity index (χ3v) is 7.76. The number of aliphatic hydroxyl groups is 1. The van der Waals surface area contributed by atoms with Gasteiger partial charge in [-0.15, -0.1) is 0 Å². The van der Waals surface area contributed by atoms with Gasteiger partial charge in [0.25, 0.3) is 0 Å². The number of hydrogen-bond acceptors (Lipinski definition) is 6. The molecule has 1 amide bonds. The van der Waals surface area contributed by atoms with Gasteiger partial charge in [-0.2, -0.15) is 5.10 Å². The largest absolute Gasteiger partial charge is 0.392 e. The monoisotopic (exact) mass is 470 g/mol. The number of nitrogens with zero attached hydrogens (tertiary/aromatic N) is 5. The van der Waals surface area contributed by atoms with Crippen molar-refractivity contribution in [1.29, 1.82) is 0 Å². The number of anilines is 1. The SMILES string of the molecule is CC.Cc1cn2nc(C3CCCCN3C(=O)C3CCCC(C)C3O)cc2nc1N1CCC(N)C1. The average Bonchev–Trinajstić information content (AvgIpc) is 3.46. The molecule has 4 heterocycles. The average molecular weight is 471 g/mol. The summed E-state index contributed by atoms with van der Waals surface area (Å²) >= 11 is 0. The van der Waals surface area contributed by atoms with Crippen LogP contribution in [0.1, 0.15) is 83.0 Å². The van der Waals surface area contributed by atoms with Gasteiger partial charge in [0.05, 0.1) is 23.8 Å². The minimum atomic E-state index is -0.543. The number of aromatic nitrogens is 3. The lowest BCUT2D eigenvalue weighted by Crippen LogP contribution is -2.47. The van der Waals surface area contributed by atoms with Crippen LogP contribution >= 0.6 is 0 Å². The summed E-state index contributed by atoms with van der Waals surface area (Å²) in [5.74, 6) is 0.970. The Morgan fingerprint density at radius 3 is 2.65 bits per heavy atom. The van der Waals surface area contributed by atoms with Gasteiger partial charge in [0, 0.05) is 43.5 Å². The van der Waals surface area contributed by atoms with E-state index in [0.29, 0.717) is 0 Å². The molecule has 1 aliphatic carbocycles. The van der Waals surface area contributed by atoms with Crippen LogP contribution in [0.15, 0.2) is 12.3 Å². The van der Waals surface area contributed by atoms with Gasteiger partial charge in [-0.25, -0.2) is 9.50 Å². The van der Waals surface area contributed by atoms with Crippen LogP contribution < -0.4 is 10.6 Å². The molecule has 5 unspecified atom stereocenters. The Hall–Kier alpha value is -2.19. The number of nitrogens with two attached hydrogens (primary N) is 1. The fraction of sp³-hybridized carbons (Fsp3) is 0.731. The fourth-order valence-electron chi connectivity index (χ4n) is 5.87. The second-order valence-electron chi connectivity index (χ2n) is 10.2. The number of fused-ring (bicyclic) bond motifs is 1. The van der Waals surface area contributed by atoms with Crippen molar-refractivity contribution in [1.82, 2.24) is 19.5 Å². The van der Waals surface area contributed by atoms with Crippen LogP contribution in [0.25, 0.3) is 5.65 Å². The van der Waals surface area contributed by atoms with Gasteiger partial charge in [-0.1, -0.05) is 27.2 Å². The number of aliphatic hydroxyl groups excluding tert-OH is 1. The van der Waals surface area contributed by atoms with E-state index in [4.69, 9.17) is 15.8 Å². The van der Waals surface area contributed by atoms with E-state index < -0.39 is 6.10 Å². The van der Waals surface area contributed by atoms with E-state index >= 15 is 0 Å². The molecule has 0 spiro atoms. The van der Waals surface area contributed by atoms with Crippen molar-refractivity contribution in [2.45, 2.75) is 90.8 Å². The summed E-state index contributed by atoms with van der Waals surface area (Å²) in [5.41, 5.74) is 8.90. The van der Waals surface area contributed by atoms with Crippen LogP contribution in [0.4, 0.5) is 5.82 Å². The zero-order chi connectivity index (χ0) is 24.4. The molecule has 3 N–H and O–H groups in total. The summed E-state index contributed by atoms with van der Waals surface area (Å²) in [5, 5.41) is 15.5. The molecule has 5 rings (SSSR count). The molecule has 5 atom stereocenters. The number of rotatable bonds is 3. The first kappa shape index (κ1) is 24.9. The Kier molecular flexibility index (Phi) is 7.77. The minimum absolute atomic E-state index is 0.0497. The van der Waals surface area contributed by atoms with Crippen molar-refractivity contribution in [3.05, 3.63) is 23.5 Å². The van der Waals surface area contributed by atoms with Crippen LogP contribution in [0.2, 0.25) is 0 Å². The van der Waals surface area contributed by atoms with E-state index in [2.05, 4.69) is 18.7 Å². The molecule has 8 heteroatoms. The highest BCUT2D eigenvalue weighted by Crippen LogP contribution is 2.36. The van der Waals surface area contributed by atoms with Crippen molar-refractivity contribution >= 4 is 17.4 Å². The summed E-state index contributed by atoms with van der Waals surface area (Å²) in [6.07, 6.45) is 8.25. The van der Waals surface area contributed by atoms with Crippen molar-refractivity contribution in [2.24, 2.45) is 17.6 Å². The molecule has 0 radical (unpaired) electrons. The first-order chi connectivity index (χ1) is 16.4. The van der Waals surface area contributed by atoms with Crippen molar-refractivity contribution < 1.29 is 9.90 Å². The summed E-state index contributed by atoms with van der Waals surface area (Å²) < 4.78 is 1.85. The Balaban J connectivity index is 0.00000133. The normalized spacial score (nSPS) is 29.8. The quantitative estimate of drug-likeness (QED) is 0.713. The molecule has 34 heavy (non-hydrogen) atoms. The van der Waals surface area contributed by atoms with Gasteiger partial charge in [-0.05, 0) is 51.4 Å². The van der Waals surface area contributed by atoms with Crippen LogP contribution in [0.5, 0.6) is 0 Å². The summed E-state index contributed by atoms with van der Waals surface area (Å²) in [7, 11) is 0. The van der Waals surface area contributed by atoms with E-state index in [1.54, 1.807) is 0 Å². The molecule has 188 valence electrons. The Morgan fingerprint density at radius 1 is 1.12 bits per heavy atom. The van der Waals surface area contributed by atoms with Gasteiger partial charge in [-0.3, -0.25) is 4.79 Å². The van der Waals surface area contributed by atoms with Crippen LogP contribution in [0, 0.1) is 18.8 Å². The highest BCUT2D eigenvalue weighted by molar-refractivity contribution is 5.80. The molecule has 2 aliphatic heterocycles. The Bertz CT molecular complexity index is 991. The standard InChI is InChI=1S/C24H36N6O2.C2H6/c1-15-6-5-7-18(22(15)31)24(32)29-10-4-3-8-20(29)19-12-21-26-23(16(2)13-30(21)27-19)28-11-9-17(25)14-28;1-2/h12-13,15,17-18,20,22,31H,3-11,14,25H2,1-2H3;1-2H3. The fourth-order valence-corrected chi connectivity index (χ4v) is 5.87. The van der Waals surface area contributed by atoms with E-state index in [9.17, 15) is 9.90 Å². The molecule has 0 bridgehead atoms. The molecule has 2 saturated heterocycles. The minimum Gasteiger partial charge on any atom is -0.392 e. The first-order valence-electron chi connectivity index (χ1n) is 13.3. The van der Waals surface area contributed by atoms with Gasteiger partial charge < -0.3 is 20.6 Å². The summed E-state index contributed by atoms with van der Waals surface area (Å²) in [4.78, 5) is 22.7. The van der Waals surface area contributed by atoms with E-state index in [-0.39, 0.29) is 29.8 Å². The molecular weight excluding hydrogens is 428 g/mol. The molecule has 3 fully saturated rings. The number of hydrogen-bond donors (Lipinski definition) is 2. The second-order valence-corrected chi connectivity index (χ2v) is 10.2. The Morgan fingerprint density at radius 2 is 1.91 bits per heavy atom. The van der Waals surface area contributed by atoms with Gasteiger partial charge in [0.2, 0.25) is 5.91 Å². The number of carbonyl (C=O) groups is 1. The maximum absolute atomic E-state index is 13.5. The maximum atomic E-state index is 13.5. The lowest BCUT2D eigenvalue weighted by molar-refractivity contribution is -0.146. The summed E-state index contributed by atoms with van der Waals surface area (Å²) in [6.45, 7) is 10.6. The Labute approximate surface area is 203 Å². The number of amides is 1. The van der Waals surface area contributed by atoms with Crippen LogP contribution in [-0.4, -0.2) is 62.3 Å². The molecule has 0 aromatic carbocycles. The lowest BCUT2D eigenvalue weighted by atomic mass is 9.78. The van der Waals surface area contributed by atoms with E-state index in [1.807, 2.05) is 35.5 Å². The second kappa shape index (κ2) is 10.6. The number of carbonyl (C=O) groups excluding carboxylic acids is 1. The lowest BCUT2D eigenvalue weighted by Gasteiger charge is -2.40. The molecule has 8 nitrogen and oxygen atoms in total. The van der Waals surface area contributed by atoms with Crippen LogP contribution in [-0.2, 0) is 4.79 Å². The van der Waals surface area contributed by atoms with Crippen molar-refractivity contribution in [3.63, 3.8) is 0 Å². The van der Waals surface area contributed by atoms with Gasteiger partial charge in [0.15, 0.2) is 5.65 Å². The summed E-state index contributed by atoms with van der Waals surface area (Å²) in [6, 6.07) is 2.19. The maximum Gasteiger partial charge on any atom is 0.228 e. The highest BCUT2D eigenvalue weighted by Gasteiger charge is 2.40. The molecule has 3 aliphatic rings. The van der Waals surface area contributed by atoms with Crippen molar-refractivity contribution in [3.8, 4) is 0 Å². The number of aryl methyl sites for hydroxylation is 1. The topological polar surface area (TPSA) is 100.0 Å². The predicted molar refractivity (Wildman–Crippen MR) is 135 cm³/mol. The molecule has 2 aromatic rings. The van der Waals surface area contributed by atoms with Gasteiger partial charge in [0.1, 0.15) is 5.82 Å². The van der Waals surface area contributed by atoms with Gasteiger partial charge >= 0.3 is 0 Å². The third kappa shape index (κ3) is 4.80. The van der Waals surface area contributed by atoms with E-state index in [1.165, 1.54) is 0 Å². The molecule has 2 aromatic heterocycles. The predicted octanol–water partition coefficient (Wildman–Crippen LogP) is 3.45. The van der Waals surface area contributed by atoms with Crippen LogP contribution in [0.3, 0.4) is 0 Å². The smallest absolute Gasteiger partial charge is 0.228 e. The number of piperidine rings is 1. The third-order valence-electron chi connectivity index (χ3n) is 7.76. The zero-order valence-corrected chi connectivity index (χ0v) is 21.3. The molecule has 1 saturated carbocycles.